The first-order chi connectivity index (χ1) is 9.97. The second-order valence-electron chi connectivity index (χ2n) is 4.86. The van der Waals surface area contributed by atoms with Gasteiger partial charge in [-0.3, -0.25) is 4.79 Å². The molecule has 21 heavy (non-hydrogen) atoms. The molecule has 1 saturated heterocycles. The molecule has 0 radical (unpaired) electrons. The topological polar surface area (TPSA) is 99.2 Å². The SMILES string of the molecule is CCN(CC(=O)NC)C(=O)N1CCC(OCC(=O)O)CC1. The third kappa shape index (κ3) is 5.58. The van der Waals surface area contributed by atoms with E-state index in [1.165, 1.54) is 11.9 Å². The number of likely N-dealkylation sites (N-methyl/N-ethyl adjacent to an activating group) is 2. The average Bonchev–Trinajstić information content (AvgIpc) is 2.50. The number of carboxylic acid groups (broad SMARTS) is 1. The molecule has 0 atom stereocenters. The monoisotopic (exact) mass is 301 g/mol. The Kier molecular flexibility index (Phi) is 6.93. The van der Waals surface area contributed by atoms with Gasteiger partial charge in [-0.15, -0.1) is 0 Å². The highest BCUT2D eigenvalue weighted by Gasteiger charge is 2.27. The third-order valence-electron chi connectivity index (χ3n) is 3.42. The van der Waals surface area contributed by atoms with Gasteiger partial charge in [0.15, 0.2) is 0 Å². The number of ether oxygens (including phenoxy) is 1. The number of nitrogens with zero attached hydrogens (tertiary/aromatic N) is 2. The van der Waals surface area contributed by atoms with Crippen LogP contribution in [-0.2, 0) is 14.3 Å². The van der Waals surface area contributed by atoms with Crippen molar-refractivity contribution >= 4 is 17.9 Å². The predicted octanol–water partition coefficient (Wildman–Crippen LogP) is -0.260. The first-order valence-corrected chi connectivity index (χ1v) is 7.05. The van der Waals surface area contributed by atoms with Crippen molar-refractivity contribution in [3.8, 4) is 0 Å². The molecule has 3 amide bonds. The minimum absolute atomic E-state index is 0.0429. The highest BCUT2D eigenvalue weighted by Crippen LogP contribution is 2.15. The number of rotatable bonds is 6. The molecule has 0 saturated carbocycles. The van der Waals surface area contributed by atoms with Gasteiger partial charge in [0.1, 0.15) is 13.2 Å². The second-order valence-corrected chi connectivity index (χ2v) is 4.86. The van der Waals surface area contributed by atoms with Crippen molar-refractivity contribution in [2.24, 2.45) is 0 Å². The Bertz CT molecular complexity index is 380. The van der Waals surface area contributed by atoms with Crippen LogP contribution < -0.4 is 5.32 Å². The molecule has 0 bridgehead atoms. The van der Waals surface area contributed by atoms with Gasteiger partial charge in [0.2, 0.25) is 5.91 Å². The summed E-state index contributed by atoms with van der Waals surface area (Å²) in [5.41, 5.74) is 0. The van der Waals surface area contributed by atoms with Crippen LogP contribution in [0.2, 0.25) is 0 Å². The molecule has 1 rings (SSSR count). The zero-order valence-corrected chi connectivity index (χ0v) is 12.5. The van der Waals surface area contributed by atoms with E-state index in [2.05, 4.69) is 5.32 Å². The normalized spacial score (nSPS) is 15.6. The summed E-state index contributed by atoms with van der Waals surface area (Å²) in [5.74, 6) is -1.19. The van der Waals surface area contributed by atoms with Crippen molar-refractivity contribution in [2.75, 3.05) is 39.8 Å². The number of hydrogen-bond donors (Lipinski definition) is 2. The van der Waals surface area contributed by atoms with Gasteiger partial charge >= 0.3 is 12.0 Å². The summed E-state index contributed by atoms with van der Waals surface area (Å²) < 4.78 is 5.23. The number of aliphatic carboxylic acids is 1. The van der Waals surface area contributed by atoms with Crippen LogP contribution in [0.25, 0.3) is 0 Å². The maximum Gasteiger partial charge on any atom is 0.329 e. The fraction of sp³-hybridized carbons (Fsp3) is 0.769. The van der Waals surface area contributed by atoms with Crippen molar-refractivity contribution in [3.05, 3.63) is 0 Å². The summed E-state index contributed by atoms with van der Waals surface area (Å²) in [6.07, 6.45) is 1.09. The molecule has 0 aromatic carbocycles. The number of piperidine rings is 1. The molecule has 0 spiro atoms. The number of carbonyl (C=O) groups excluding carboxylic acids is 2. The quantitative estimate of drug-likeness (QED) is 0.704. The summed E-state index contributed by atoms with van der Waals surface area (Å²) in [7, 11) is 1.53. The highest BCUT2D eigenvalue weighted by molar-refractivity contribution is 5.83. The van der Waals surface area contributed by atoms with Crippen LogP contribution in [0, 0.1) is 0 Å². The van der Waals surface area contributed by atoms with Crippen LogP contribution in [0.4, 0.5) is 4.79 Å². The van der Waals surface area contributed by atoms with Crippen molar-refractivity contribution in [3.63, 3.8) is 0 Å². The van der Waals surface area contributed by atoms with Gasteiger partial charge in [0, 0.05) is 26.7 Å². The third-order valence-corrected chi connectivity index (χ3v) is 3.42. The molecule has 1 aliphatic rings. The Morgan fingerprint density at radius 2 is 1.95 bits per heavy atom. The minimum atomic E-state index is -0.990. The van der Waals surface area contributed by atoms with Gasteiger partial charge in [-0.2, -0.15) is 0 Å². The van der Waals surface area contributed by atoms with Crippen LogP contribution >= 0.6 is 0 Å². The van der Waals surface area contributed by atoms with Crippen LogP contribution in [0.1, 0.15) is 19.8 Å². The first kappa shape index (κ1) is 17.2. The molecule has 0 aliphatic carbocycles. The van der Waals surface area contributed by atoms with Gasteiger partial charge in [-0.05, 0) is 19.8 Å². The molecular formula is C13H23N3O5. The second kappa shape index (κ2) is 8.46. The average molecular weight is 301 g/mol. The standard InChI is InChI=1S/C13H23N3O5/c1-3-15(8-11(17)14-2)13(20)16-6-4-10(5-7-16)21-9-12(18)19/h10H,3-9H2,1-2H3,(H,14,17)(H,18,19). The van der Waals surface area contributed by atoms with Crippen molar-refractivity contribution in [1.29, 1.82) is 0 Å². The molecular weight excluding hydrogens is 278 g/mol. The molecule has 2 N–H and O–H groups in total. The van der Waals surface area contributed by atoms with Crippen LogP contribution in [-0.4, -0.2) is 78.8 Å². The van der Waals surface area contributed by atoms with E-state index in [-0.39, 0.29) is 31.2 Å². The van der Waals surface area contributed by atoms with Crippen molar-refractivity contribution < 1.29 is 24.2 Å². The summed E-state index contributed by atoms with van der Waals surface area (Å²) in [4.78, 5) is 37.3. The lowest BCUT2D eigenvalue weighted by molar-refractivity contribution is -0.145. The first-order valence-electron chi connectivity index (χ1n) is 7.05. The van der Waals surface area contributed by atoms with E-state index in [0.29, 0.717) is 32.5 Å². The lowest BCUT2D eigenvalue weighted by atomic mass is 10.1. The summed E-state index contributed by atoms with van der Waals surface area (Å²) in [6, 6.07) is -0.169. The van der Waals surface area contributed by atoms with E-state index in [1.807, 2.05) is 6.92 Å². The number of carboxylic acids is 1. The fourth-order valence-electron chi connectivity index (χ4n) is 2.17. The number of hydrogen-bond acceptors (Lipinski definition) is 4. The molecule has 8 heteroatoms. The van der Waals surface area contributed by atoms with Crippen LogP contribution in [0.15, 0.2) is 0 Å². The minimum Gasteiger partial charge on any atom is -0.480 e. The summed E-state index contributed by atoms with van der Waals surface area (Å²) in [5, 5.41) is 11.1. The molecule has 120 valence electrons. The van der Waals surface area contributed by atoms with Gasteiger partial charge in [0.25, 0.3) is 0 Å². The largest absolute Gasteiger partial charge is 0.480 e. The Hall–Kier alpha value is -1.83. The number of likely N-dealkylation sites (tertiary alicyclic amines) is 1. The predicted molar refractivity (Wildman–Crippen MR) is 74.9 cm³/mol. The van der Waals surface area contributed by atoms with Crippen LogP contribution in [0.3, 0.4) is 0 Å². The van der Waals surface area contributed by atoms with E-state index in [0.717, 1.165) is 0 Å². The van der Waals surface area contributed by atoms with Gasteiger partial charge in [-0.25, -0.2) is 9.59 Å². The van der Waals surface area contributed by atoms with Crippen molar-refractivity contribution in [1.82, 2.24) is 15.1 Å². The van der Waals surface area contributed by atoms with Gasteiger partial charge < -0.3 is 25.0 Å². The molecule has 0 aromatic heterocycles. The molecule has 1 fully saturated rings. The van der Waals surface area contributed by atoms with Crippen molar-refractivity contribution in [2.45, 2.75) is 25.9 Å². The Labute approximate surface area is 124 Å². The highest BCUT2D eigenvalue weighted by atomic mass is 16.5. The van der Waals surface area contributed by atoms with Gasteiger partial charge in [0.05, 0.1) is 6.10 Å². The number of amides is 3. The summed E-state index contributed by atoms with van der Waals surface area (Å²) in [6.45, 7) is 3.03. The smallest absolute Gasteiger partial charge is 0.329 e. The number of urea groups is 1. The molecule has 0 unspecified atom stereocenters. The maximum absolute atomic E-state index is 12.3. The zero-order chi connectivity index (χ0) is 15.8. The van der Waals surface area contributed by atoms with E-state index < -0.39 is 5.97 Å². The fourth-order valence-corrected chi connectivity index (χ4v) is 2.17. The zero-order valence-electron chi connectivity index (χ0n) is 12.5. The lowest BCUT2D eigenvalue weighted by Crippen LogP contribution is -2.50. The number of carbonyl (C=O) groups is 3. The molecule has 0 aromatic rings. The van der Waals surface area contributed by atoms with E-state index in [1.54, 1.807) is 4.90 Å². The maximum atomic E-state index is 12.3. The van der Waals surface area contributed by atoms with Gasteiger partial charge in [-0.1, -0.05) is 0 Å². The summed E-state index contributed by atoms with van der Waals surface area (Å²) >= 11 is 0. The number of nitrogens with one attached hydrogen (secondary N) is 1. The molecule has 8 nitrogen and oxygen atoms in total. The van der Waals surface area contributed by atoms with E-state index >= 15 is 0 Å². The lowest BCUT2D eigenvalue weighted by Gasteiger charge is -2.35. The van der Waals surface area contributed by atoms with Crippen LogP contribution in [0.5, 0.6) is 0 Å². The molecule has 1 aliphatic heterocycles. The van der Waals surface area contributed by atoms with E-state index in [9.17, 15) is 14.4 Å². The Balaban J connectivity index is 2.42. The van der Waals surface area contributed by atoms with E-state index in [4.69, 9.17) is 9.84 Å². The molecule has 1 heterocycles. The Morgan fingerprint density at radius 1 is 1.33 bits per heavy atom. The Morgan fingerprint density at radius 3 is 2.43 bits per heavy atom.